The number of aryl methyl sites for hydroxylation is 1. The van der Waals surface area contributed by atoms with Gasteiger partial charge in [0.15, 0.2) is 0 Å². The summed E-state index contributed by atoms with van der Waals surface area (Å²) >= 11 is 5.93. The van der Waals surface area contributed by atoms with Crippen molar-refractivity contribution in [2.75, 3.05) is 13.1 Å². The Kier molecular flexibility index (Phi) is 5.17. The molecule has 134 valence electrons. The molecule has 1 aromatic heterocycles. The maximum Gasteiger partial charge on any atom is 0.268 e. The summed E-state index contributed by atoms with van der Waals surface area (Å²) in [6, 6.07) is 8.64. The quantitative estimate of drug-likeness (QED) is 0.864. The maximum absolute atomic E-state index is 12.6. The number of carbonyl (C=O) groups is 1. The van der Waals surface area contributed by atoms with E-state index in [1.165, 1.54) is 21.1 Å². The number of nitrogens with zero attached hydrogens (tertiary/aromatic N) is 2. The number of aromatic nitrogens is 1. The number of rotatable bonds is 5. The first-order valence-electron chi connectivity index (χ1n) is 8.07. The standard InChI is InChI=1S/C17H20ClN3O3S/c1-20-12-15(25(23,24)21-7-2-3-8-21)10-16(20)17(22)19-11-13-5-4-6-14(18)9-13/h4-6,9-10,12H,2-3,7-8,11H2,1H3,(H,19,22). The van der Waals surface area contributed by atoms with Crippen molar-refractivity contribution in [3.8, 4) is 0 Å². The van der Waals surface area contributed by atoms with Gasteiger partial charge in [0.05, 0.1) is 0 Å². The third-order valence-electron chi connectivity index (χ3n) is 4.26. The highest BCUT2D eigenvalue weighted by molar-refractivity contribution is 7.89. The summed E-state index contributed by atoms with van der Waals surface area (Å²) in [5.41, 5.74) is 1.18. The SMILES string of the molecule is Cn1cc(S(=O)(=O)N2CCCC2)cc1C(=O)NCc1cccc(Cl)c1. The Morgan fingerprint density at radius 2 is 1.96 bits per heavy atom. The topological polar surface area (TPSA) is 71.4 Å². The van der Waals surface area contributed by atoms with E-state index in [9.17, 15) is 13.2 Å². The van der Waals surface area contributed by atoms with Crippen LogP contribution in [0.5, 0.6) is 0 Å². The Labute approximate surface area is 152 Å². The summed E-state index contributed by atoms with van der Waals surface area (Å²) in [4.78, 5) is 12.6. The van der Waals surface area contributed by atoms with Crippen LogP contribution in [0.2, 0.25) is 5.02 Å². The molecule has 3 rings (SSSR count). The van der Waals surface area contributed by atoms with Gasteiger partial charge in [0.25, 0.3) is 5.91 Å². The fourth-order valence-electron chi connectivity index (χ4n) is 2.90. The van der Waals surface area contributed by atoms with Gasteiger partial charge in [-0.3, -0.25) is 4.79 Å². The first kappa shape index (κ1) is 18.0. The second-order valence-electron chi connectivity index (χ2n) is 6.10. The lowest BCUT2D eigenvalue weighted by Crippen LogP contribution is -2.27. The van der Waals surface area contributed by atoms with Crippen molar-refractivity contribution < 1.29 is 13.2 Å². The molecule has 0 unspecified atom stereocenters. The van der Waals surface area contributed by atoms with E-state index >= 15 is 0 Å². The molecular formula is C17H20ClN3O3S. The highest BCUT2D eigenvalue weighted by Crippen LogP contribution is 2.22. The molecule has 0 saturated carbocycles. The average molecular weight is 382 g/mol. The highest BCUT2D eigenvalue weighted by atomic mass is 35.5. The third-order valence-corrected chi connectivity index (χ3v) is 6.36. The molecule has 0 bridgehead atoms. The first-order valence-corrected chi connectivity index (χ1v) is 9.89. The van der Waals surface area contributed by atoms with Crippen molar-refractivity contribution in [2.24, 2.45) is 7.05 Å². The summed E-state index contributed by atoms with van der Waals surface area (Å²) in [5.74, 6) is -0.328. The van der Waals surface area contributed by atoms with Gasteiger partial charge in [-0.05, 0) is 36.6 Å². The zero-order valence-corrected chi connectivity index (χ0v) is 15.5. The number of benzene rings is 1. The lowest BCUT2D eigenvalue weighted by atomic mass is 10.2. The lowest BCUT2D eigenvalue weighted by molar-refractivity contribution is 0.0942. The zero-order valence-electron chi connectivity index (χ0n) is 13.9. The van der Waals surface area contributed by atoms with Gasteiger partial charge in [-0.25, -0.2) is 8.42 Å². The predicted molar refractivity (Wildman–Crippen MR) is 96.0 cm³/mol. The Hall–Kier alpha value is -1.83. The number of amides is 1. The Balaban J connectivity index is 1.74. The van der Waals surface area contributed by atoms with E-state index in [2.05, 4.69) is 5.32 Å². The van der Waals surface area contributed by atoms with Crippen molar-refractivity contribution >= 4 is 27.5 Å². The molecule has 1 N–H and O–H groups in total. The van der Waals surface area contributed by atoms with E-state index in [0.29, 0.717) is 30.4 Å². The molecule has 0 aliphatic carbocycles. The monoisotopic (exact) mass is 381 g/mol. The van der Waals surface area contributed by atoms with Gasteiger partial charge in [0.1, 0.15) is 10.6 Å². The van der Waals surface area contributed by atoms with Crippen molar-refractivity contribution in [3.05, 3.63) is 52.8 Å². The molecule has 25 heavy (non-hydrogen) atoms. The predicted octanol–water partition coefficient (Wildman–Crippen LogP) is 2.39. The van der Waals surface area contributed by atoms with Gasteiger partial charge in [-0.2, -0.15) is 4.31 Å². The molecule has 8 heteroatoms. The van der Waals surface area contributed by atoms with Gasteiger partial charge in [-0.15, -0.1) is 0 Å². The number of halogens is 1. The molecule has 1 amide bonds. The number of carbonyl (C=O) groups excluding carboxylic acids is 1. The van der Waals surface area contributed by atoms with Gasteiger partial charge in [0, 0.05) is 37.9 Å². The molecule has 0 atom stereocenters. The molecule has 0 spiro atoms. The molecule has 6 nitrogen and oxygen atoms in total. The average Bonchev–Trinajstić information content (AvgIpc) is 3.23. The van der Waals surface area contributed by atoms with E-state index in [4.69, 9.17) is 11.6 Å². The van der Waals surface area contributed by atoms with Crippen LogP contribution in [-0.2, 0) is 23.6 Å². The molecule has 1 aliphatic heterocycles. The lowest BCUT2D eigenvalue weighted by Gasteiger charge is -2.13. The first-order chi connectivity index (χ1) is 11.9. The molecule has 1 saturated heterocycles. The smallest absolute Gasteiger partial charge is 0.268 e. The summed E-state index contributed by atoms with van der Waals surface area (Å²) in [6.07, 6.45) is 3.24. The van der Waals surface area contributed by atoms with E-state index in [1.807, 2.05) is 12.1 Å². The van der Waals surface area contributed by atoms with E-state index in [0.717, 1.165) is 18.4 Å². The van der Waals surface area contributed by atoms with Gasteiger partial charge in [-0.1, -0.05) is 23.7 Å². The molecular weight excluding hydrogens is 362 g/mol. The highest BCUT2D eigenvalue weighted by Gasteiger charge is 2.29. The molecule has 0 radical (unpaired) electrons. The van der Waals surface area contributed by atoms with Crippen molar-refractivity contribution in [2.45, 2.75) is 24.3 Å². The summed E-state index contributed by atoms with van der Waals surface area (Å²) in [7, 11) is -1.87. The van der Waals surface area contributed by atoms with Gasteiger partial charge < -0.3 is 9.88 Å². The largest absolute Gasteiger partial charge is 0.347 e. The Morgan fingerprint density at radius 3 is 2.64 bits per heavy atom. The molecule has 1 aliphatic rings. The minimum absolute atomic E-state index is 0.157. The van der Waals surface area contributed by atoms with Crippen LogP contribution >= 0.6 is 11.6 Å². The third kappa shape index (κ3) is 3.89. The summed E-state index contributed by atoms with van der Waals surface area (Å²) in [5, 5.41) is 3.39. The molecule has 2 aromatic rings. The maximum atomic E-state index is 12.6. The second kappa shape index (κ2) is 7.19. The van der Waals surface area contributed by atoms with Crippen LogP contribution in [0.1, 0.15) is 28.9 Å². The van der Waals surface area contributed by atoms with Crippen LogP contribution in [-0.4, -0.2) is 36.3 Å². The minimum Gasteiger partial charge on any atom is -0.347 e. The van der Waals surface area contributed by atoms with Crippen LogP contribution in [0.25, 0.3) is 0 Å². The van der Waals surface area contributed by atoms with Crippen LogP contribution in [0.15, 0.2) is 41.4 Å². The molecule has 2 heterocycles. The number of hydrogen-bond donors (Lipinski definition) is 1. The fraction of sp³-hybridized carbons (Fsp3) is 0.353. The number of hydrogen-bond acceptors (Lipinski definition) is 3. The summed E-state index contributed by atoms with van der Waals surface area (Å²) in [6.45, 7) is 1.39. The van der Waals surface area contributed by atoms with Gasteiger partial charge in [0.2, 0.25) is 10.0 Å². The van der Waals surface area contributed by atoms with Crippen LogP contribution in [0.4, 0.5) is 0 Å². The summed E-state index contributed by atoms with van der Waals surface area (Å²) < 4.78 is 28.2. The Bertz CT molecular complexity index is 886. The second-order valence-corrected chi connectivity index (χ2v) is 8.47. The van der Waals surface area contributed by atoms with Gasteiger partial charge >= 0.3 is 0 Å². The Morgan fingerprint density at radius 1 is 1.24 bits per heavy atom. The fourth-order valence-corrected chi connectivity index (χ4v) is 4.70. The van der Waals surface area contributed by atoms with Crippen LogP contribution < -0.4 is 5.32 Å². The zero-order chi connectivity index (χ0) is 18.0. The van der Waals surface area contributed by atoms with Crippen LogP contribution in [0.3, 0.4) is 0 Å². The normalized spacial score (nSPS) is 15.4. The minimum atomic E-state index is -3.53. The van der Waals surface area contributed by atoms with Crippen molar-refractivity contribution in [3.63, 3.8) is 0 Å². The van der Waals surface area contributed by atoms with E-state index < -0.39 is 10.0 Å². The van der Waals surface area contributed by atoms with Crippen molar-refractivity contribution in [1.29, 1.82) is 0 Å². The molecule has 1 aromatic carbocycles. The van der Waals surface area contributed by atoms with Crippen molar-refractivity contribution in [1.82, 2.24) is 14.2 Å². The van der Waals surface area contributed by atoms with E-state index in [-0.39, 0.29) is 10.8 Å². The number of nitrogens with one attached hydrogen (secondary N) is 1. The molecule has 1 fully saturated rings. The van der Waals surface area contributed by atoms with E-state index in [1.54, 1.807) is 19.2 Å². The van der Waals surface area contributed by atoms with Crippen LogP contribution in [0, 0.1) is 0 Å². The number of sulfonamides is 1.